The van der Waals surface area contributed by atoms with Gasteiger partial charge in [0.05, 0.1) is 0 Å². The fourth-order valence-corrected chi connectivity index (χ4v) is 4.57. The molecule has 0 radical (unpaired) electrons. The Kier molecular flexibility index (Phi) is 10.2. The van der Waals surface area contributed by atoms with Crippen LogP contribution in [0.25, 0.3) is 0 Å². The Labute approximate surface area is 155 Å². The second-order valence-electron chi connectivity index (χ2n) is 10.2. The Bertz CT molecular complexity index is 297. The summed E-state index contributed by atoms with van der Waals surface area (Å²) in [6.07, 6.45) is 0. The highest BCUT2D eigenvalue weighted by Crippen LogP contribution is 2.41. The Balaban J connectivity index is 4.95. The summed E-state index contributed by atoms with van der Waals surface area (Å²) in [5.41, 5.74) is 0. The maximum absolute atomic E-state index is 2.52. The van der Waals surface area contributed by atoms with Crippen LogP contribution in [0.5, 0.6) is 0 Å². The Morgan fingerprint density at radius 3 is 0.458 bits per heavy atom. The lowest BCUT2D eigenvalue weighted by Gasteiger charge is -2.41. The van der Waals surface area contributed by atoms with E-state index in [0.717, 1.165) is 65.1 Å². The van der Waals surface area contributed by atoms with E-state index in [-0.39, 0.29) is 0 Å². The van der Waals surface area contributed by atoms with Gasteiger partial charge >= 0.3 is 0 Å². The van der Waals surface area contributed by atoms with Crippen LogP contribution in [-0.2, 0) is 0 Å². The summed E-state index contributed by atoms with van der Waals surface area (Å²) in [6.45, 7) is 31.9. The summed E-state index contributed by atoms with van der Waals surface area (Å²) in [6, 6.07) is 0. The van der Waals surface area contributed by atoms with Crippen molar-refractivity contribution in [1.82, 2.24) is 0 Å². The van der Waals surface area contributed by atoms with Gasteiger partial charge in [-0.2, -0.15) is 0 Å². The Morgan fingerprint density at radius 1 is 0.208 bits per heavy atom. The average Bonchev–Trinajstić information content (AvgIpc) is 2.55. The van der Waals surface area contributed by atoms with Gasteiger partial charge in [-0.05, 0) is 65.1 Å². The molecule has 0 aliphatic rings. The predicted octanol–water partition coefficient (Wildman–Crippen LogP) is 8.02. The smallest absolute Gasteiger partial charge is 0.0386 e. The molecule has 0 heterocycles. The zero-order valence-corrected chi connectivity index (χ0v) is 19.4. The first-order chi connectivity index (χ1) is 10.8. The van der Waals surface area contributed by atoms with Crippen LogP contribution in [0.1, 0.15) is 90.0 Å². The summed E-state index contributed by atoms with van der Waals surface area (Å²) < 4.78 is 0. The second kappa shape index (κ2) is 10.2. The average molecular weight is 339 g/mol. The van der Waals surface area contributed by atoms with Crippen LogP contribution in [0.3, 0.4) is 0 Å². The van der Waals surface area contributed by atoms with Crippen LogP contribution in [0, 0.1) is 65.1 Å². The van der Waals surface area contributed by atoms with E-state index in [2.05, 4.69) is 90.0 Å². The number of hydrogen-bond donors (Lipinski definition) is 0. The maximum atomic E-state index is 2.52. The van der Waals surface area contributed by atoms with E-state index in [4.69, 9.17) is 0 Å². The third kappa shape index (κ3) is 6.06. The van der Waals surface area contributed by atoms with Crippen LogP contribution in [0.4, 0.5) is 0 Å². The first-order valence-corrected chi connectivity index (χ1v) is 10.8. The van der Waals surface area contributed by atoms with E-state index in [1.165, 1.54) is 0 Å². The molecule has 0 aromatic carbocycles. The molecule has 0 aliphatic heterocycles. The molecule has 0 amide bonds. The van der Waals surface area contributed by atoms with E-state index in [0.29, 0.717) is 0 Å². The molecule has 24 heavy (non-hydrogen) atoms. The lowest BCUT2D eigenvalue weighted by molar-refractivity contribution is 0.0774. The van der Waals surface area contributed by atoms with Crippen molar-refractivity contribution in [3.8, 4) is 0 Å². The lowest BCUT2D eigenvalue weighted by Crippen LogP contribution is -2.34. The quantitative estimate of drug-likeness (QED) is 0.378. The van der Waals surface area contributed by atoms with Crippen molar-refractivity contribution in [2.24, 2.45) is 65.1 Å². The summed E-state index contributed by atoms with van der Waals surface area (Å²) in [5.74, 6) is 8.76. The molecule has 0 saturated heterocycles. The highest BCUT2D eigenvalue weighted by atomic mass is 14.4. The summed E-state index contributed by atoms with van der Waals surface area (Å²) in [7, 11) is 0. The van der Waals surface area contributed by atoms with Crippen molar-refractivity contribution in [1.29, 1.82) is 0 Å². The van der Waals surface area contributed by atoms with Gasteiger partial charge in [0.15, 0.2) is 0 Å². The van der Waals surface area contributed by atoms with Crippen LogP contribution < -0.4 is 0 Å². The molecule has 0 heteroatoms. The van der Waals surface area contributed by atoms with Gasteiger partial charge in [0.25, 0.3) is 0 Å². The maximum Gasteiger partial charge on any atom is -0.0386 e. The molecule has 0 N–H and O–H groups in total. The molecule has 8 unspecified atom stereocenters. The van der Waals surface area contributed by atoms with Crippen LogP contribution in [-0.4, -0.2) is 0 Å². The lowest BCUT2D eigenvalue weighted by atomic mass is 9.64. The van der Waals surface area contributed by atoms with Crippen LogP contribution in [0.2, 0.25) is 0 Å². The van der Waals surface area contributed by atoms with Crippen LogP contribution >= 0.6 is 0 Å². The van der Waals surface area contributed by atoms with Crippen molar-refractivity contribution < 1.29 is 0 Å². The minimum Gasteiger partial charge on any atom is -0.0625 e. The molecule has 0 spiro atoms. The molecule has 146 valence electrons. The monoisotopic (exact) mass is 338 g/mol. The molecule has 8 atom stereocenters. The van der Waals surface area contributed by atoms with Crippen molar-refractivity contribution in [2.45, 2.75) is 90.0 Å². The summed E-state index contributed by atoms with van der Waals surface area (Å²) in [5, 5.41) is 0. The molecule has 0 aromatic rings. The standard InChI is InChI=1S/C24H50/c1-14(2)16(5)18(7)20(9)22(11)24(13)23(12)21(10)19(8)17(6)15(3)4/h14-24H,1-13H3. The molecule has 0 aromatic heterocycles. The second-order valence-corrected chi connectivity index (χ2v) is 10.2. The molecule has 0 nitrogen and oxygen atoms in total. The zero-order valence-electron chi connectivity index (χ0n) is 19.4. The van der Waals surface area contributed by atoms with Gasteiger partial charge in [-0.3, -0.25) is 0 Å². The first-order valence-electron chi connectivity index (χ1n) is 10.8. The van der Waals surface area contributed by atoms with Gasteiger partial charge in [-0.15, -0.1) is 0 Å². The van der Waals surface area contributed by atoms with Gasteiger partial charge in [-0.25, -0.2) is 0 Å². The SMILES string of the molecule is CC(C)C(C)C(C)C(C)C(C)C(C)C(C)C(C)C(C)C(C)C(C)C. The highest BCUT2D eigenvalue weighted by Gasteiger charge is 2.34. The molecule has 0 saturated carbocycles. The topological polar surface area (TPSA) is 0 Å². The fraction of sp³-hybridized carbons (Fsp3) is 1.00. The molecular weight excluding hydrogens is 288 g/mol. The Hall–Kier alpha value is 0. The number of hydrogen-bond acceptors (Lipinski definition) is 0. The first kappa shape index (κ1) is 24.0. The van der Waals surface area contributed by atoms with Gasteiger partial charge in [0.1, 0.15) is 0 Å². The molecular formula is C24H50. The highest BCUT2D eigenvalue weighted by molar-refractivity contribution is 4.83. The van der Waals surface area contributed by atoms with Crippen molar-refractivity contribution >= 4 is 0 Å². The van der Waals surface area contributed by atoms with Crippen molar-refractivity contribution in [3.05, 3.63) is 0 Å². The van der Waals surface area contributed by atoms with E-state index in [1.54, 1.807) is 0 Å². The van der Waals surface area contributed by atoms with Gasteiger partial charge < -0.3 is 0 Å². The van der Waals surface area contributed by atoms with E-state index < -0.39 is 0 Å². The third-order valence-corrected chi connectivity index (χ3v) is 8.74. The minimum atomic E-state index is 0.785. The minimum absolute atomic E-state index is 0.785. The summed E-state index contributed by atoms with van der Waals surface area (Å²) in [4.78, 5) is 0. The third-order valence-electron chi connectivity index (χ3n) is 8.74. The van der Waals surface area contributed by atoms with E-state index in [9.17, 15) is 0 Å². The van der Waals surface area contributed by atoms with Gasteiger partial charge in [-0.1, -0.05) is 90.0 Å². The molecule has 0 aliphatic carbocycles. The largest absolute Gasteiger partial charge is 0.0625 e. The zero-order chi connectivity index (χ0) is 19.4. The molecule has 0 rings (SSSR count). The van der Waals surface area contributed by atoms with Crippen LogP contribution in [0.15, 0.2) is 0 Å². The van der Waals surface area contributed by atoms with Gasteiger partial charge in [0, 0.05) is 0 Å². The van der Waals surface area contributed by atoms with E-state index in [1.807, 2.05) is 0 Å². The van der Waals surface area contributed by atoms with E-state index >= 15 is 0 Å². The molecule has 0 fully saturated rings. The van der Waals surface area contributed by atoms with Crippen molar-refractivity contribution in [3.63, 3.8) is 0 Å². The normalized spacial score (nSPS) is 24.1. The Morgan fingerprint density at radius 2 is 0.333 bits per heavy atom. The molecule has 0 bridgehead atoms. The predicted molar refractivity (Wildman–Crippen MR) is 112 cm³/mol. The van der Waals surface area contributed by atoms with Gasteiger partial charge in [0.2, 0.25) is 0 Å². The van der Waals surface area contributed by atoms with Crippen molar-refractivity contribution in [2.75, 3.05) is 0 Å². The summed E-state index contributed by atoms with van der Waals surface area (Å²) >= 11 is 0. The fourth-order valence-electron chi connectivity index (χ4n) is 4.57. The number of rotatable bonds is 10.